The quantitative estimate of drug-likeness (QED) is 0.444. The van der Waals surface area contributed by atoms with Crippen molar-refractivity contribution in [2.45, 2.75) is 6.92 Å². The molecule has 31 heavy (non-hydrogen) atoms. The van der Waals surface area contributed by atoms with Crippen LogP contribution in [0.5, 0.6) is 5.75 Å². The van der Waals surface area contributed by atoms with Gasteiger partial charge in [0.1, 0.15) is 10.6 Å². The first kappa shape index (κ1) is 19.4. The van der Waals surface area contributed by atoms with Gasteiger partial charge in [-0.2, -0.15) is 5.01 Å². The van der Waals surface area contributed by atoms with E-state index in [9.17, 15) is 9.59 Å². The van der Waals surface area contributed by atoms with Crippen LogP contribution in [0.3, 0.4) is 0 Å². The van der Waals surface area contributed by atoms with Crippen molar-refractivity contribution in [3.63, 3.8) is 0 Å². The van der Waals surface area contributed by atoms with E-state index in [0.29, 0.717) is 17.2 Å². The highest BCUT2D eigenvalue weighted by molar-refractivity contribution is 7.18. The number of hydrazine groups is 1. The number of carbonyl (C=O) groups excluding carboxylic acids is 2. The Morgan fingerprint density at radius 1 is 1.06 bits per heavy atom. The molecule has 0 bridgehead atoms. The number of thiophene rings is 2. The van der Waals surface area contributed by atoms with Crippen LogP contribution >= 0.6 is 22.7 Å². The summed E-state index contributed by atoms with van der Waals surface area (Å²) in [5.41, 5.74) is 5.09. The number of fused-ring (bicyclic) bond motifs is 1. The first-order valence-corrected chi connectivity index (χ1v) is 11.1. The molecule has 2 amide bonds. The van der Waals surface area contributed by atoms with Crippen LogP contribution in [0.15, 0.2) is 58.8 Å². The summed E-state index contributed by atoms with van der Waals surface area (Å²) in [7, 11) is 1.61. The summed E-state index contributed by atoms with van der Waals surface area (Å²) < 4.78 is 5.23. The number of hydrogen-bond acceptors (Lipinski definition) is 8. The number of nitrogens with one attached hydrogen (secondary N) is 1. The third kappa shape index (κ3) is 3.37. The maximum Gasteiger partial charge on any atom is 0.275 e. The maximum atomic E-state index is 12.5. The Hall–Kier alpha value is -3.56. The minimum Gasteiger partial charge on any atom is -0.497 e. The molecule has 0 atom stereocenters. The summed E-state index contributed by atoms with van der Waals surface area (Å²) in [4.78, 5) is 36.1. The molecular weight excluding hydrogens is 432 g/mol. The summed E-state index contributed by atoms with van der Waals surface area (Å²) in [5, 5.41) is 5.78. The smallest absolute Gasteiger partial charge is 0.275 e. The van der Waals surface area contributed by atoms with E-state index in [1.54, 1.807) is 25.4 Å². The highest BCUT2D eigenvalue weighted by atomic mass is 32.1. The van der Waals surface area contributed by atoms with Gasteiger partial charge in [0.2, 0.25) is 0 Å². The molecule has 3 aromatic heterocycles. The van der Waals surface area contributed by atoms with Crippen molar-refractivity contribution in [2.24, 2.45) is 0 Å². The number of nitrogens with zero attached hydrogens (tertiary/aromatic N) is 3. The summed E-state index contributed by atoms with van der Waals surface area (Å²) in [6, 6.07) is 11.4. The van der Waals surface area contributed by atoms with Gasteiger partial charge in [-0.05, 0) is 42.6 Å². The van der Waals surface area contributed by atoms with Crippen molar-refractivity contribution < 1.29 is 14.3 Å². The molecule has 154 valence electrons. The predicted octanol–water partition coefficient (Wildman–Crippen LogP) is 4.74. The molecular formula is C22H16N4O3S2. The zero-order valence-corrected chi connectivity index (χ0v) is 18.2. The molecule has 5 rings (SSSR count). The van der Waals surface area contributed by atoms with Gasteiger partial charge in [0.15, 0.2) is 11.6 Å². The number of amides is 2. The van der Waals surface area contributed by atoms with E-state index in [4.69, 9.17) is 14.7 Å². The Bertz CT molecular complexity index is 1340. The van der Waals surface area contributed by atoms with Crippen molar-refractivity contribution in [3.05, 3.63) is 58.8 Å². The second-order valence-electron chi connectivity index (χ2n) is 6.85. The molecule has 1 aromatic carbocycles. The highest BCUT2D eigenvalue weighted by Gasteiger charge is 2.30. The van der Waals surface area contributed by atoms with Crippen LogP contribution in [0.4, 0.5) is 5.82 Å². The first-order chi connectivity index (χ1) is 15.0. The Kier molecular flexibility index (Phi) is 4.76. The van der Waals surface area contributed by atoms with Crippen LogP contribution in [0.1, 0.15) is 6.92 Å². The van der Waals surface area contributed by atoms with Crippen LogP contribution in [0, 0.1) is 0 Å². The SMILES string of the molecule is COc1ccc(-c2nc(NN3C(=O)C=C(C)C3=O)c3c(-c4cccs4)csc3n2)cc1. The molecule has 0 aliphatic carbocycles. The molecule has 0 radical (unpaired) electrons. The molecule has 0 saturated carbocycles. The molecule has 0 unspecified atom stereocenters. The van der Waals surface area contributed by atoms with Crippen molar-refractivity contribution in [3.8, 4) is 27.6 Å². The van der Waals surface area contributed by atoms with Gasteiger partial charge in [0.05, 0.1) is 12.5 Å². The fourth-order valence-electron chi connectivity index (χ4n) is 3.30. The number of hydrogen-bond donors (Lipinski definition) is 1. The van der Waals surface area contributed by atoms with E-state index >= 15 is 0 Å². The molecule has 0 spiro atoms. The fourth-order valence-corrected chi connectivity index (χ4v) is 5.07. The lowest BCUT2D eigenvalue weighted by molar-refractivity contribution is -0.135. The van der Waals surface area contributed by atoms with Gasteiger partial charge in [-0.3, -0.25) is 15.0 Å². The zero-order valence-electron chi connectivity index (χ0n) is 16.6. The van der Waals surface area contributed by atoms with E-state index in [2.05, 4.69) is 5.43 Å². The van der Waals surface area contributed by atoms with Crippen LogP contribution in [-0.4, -0.2) is 33.9 Å². The number of imide groups is 1. The molecule has 9 heteroatoms. The Morgan fingerprint density at radius 3 is 2.52 bits per heavy atom. The second-order valence-corrected chi connectivity index (χ2v) is 8.65. The van der Waals surface area contributed by atoms with Crippen molar-refractivity contribution in [2.75, 3.05) is 12.5 Å². The lowest BCUT2D eigenvalue weighted by Crippen LogP contribution is -2.36. The van der Waals surface area contributed by atoms with Gasteiger partial charge in [-0.25, -0.2) is 9.97 Å². The third-order valence-electron chi connectivity index (χ3n) is 4.89. The average Bonchev–Trinajstić information content (AvgIpc) is 3.50. The molecule has 1 aliphatic heterocycles. The lowest BCUT2D eigenvalue weighted by Gasteiger charge is -2.18. The molecule has 4 aromatic rings. The highest BCUT2D eigenvalue weighted by Crippen LogP contribution is 2.40. The van der Waals surface area contributed by atoms with Crippen LogP contribution < -0.4 is 10.2 Å². The molecule has 7 nitrogen and oxygen atoms in total. The Labute approximate surface area is 185 Å². The largest absolute Gasteiger partial charge is 0.497 e. The van der Waals surface area contributed by atoms with E-state index in [1.165, 1.54) is 17.4 Å². The number of aromatic nitrogens is 2. The summed E-state index contributed by atoms with van der Waals surface area (Å²) in [6.07, 6.45) is 1.31. The number of ether oxygens (including phenoxy) is 1. The van der Waals surface area contributed by atoms with Crippen LogP contribution in [-0.2, 0) is 9.59 Å². The zero-order chi connectivity index (χ0) is 21.5. The summed E-state index contributed by atoms with van der Waals surface area (Å²) in [6.45, 7) is 1.61. The Morgan fingerprint density at radius 2 is 1.87 bits per heavy atom. The van der Waals surface area contributed by atoms with E-state index in [0.717, 1.165) is 37.0 Å². The minimum absolute atomic E-state index is 0.377. The average molecular weight is 449 g/mol. The molecule has 0 saturated heterocycles. The molecule has 1 aliphatic rings. The van der Waals surface area contributed by atoms with Crippen molar-refractivity contribution >= 4 is 50.5 Å². The van der Waals surface area contributed by atoms with Crippen molar-refractivity contribution in [1.82, 2.24) is 15.0 Å². The monoisotopic (exact) mass is 448 g/mol. The Balaban J connectivity index is 1.66. The number of benzene rings is 1. The molecule has 4 heterocycles. The molecule has 0 fully saturated rings. The summed E-state index contributed by atoms with van der Waals surface area (Å²) >= 11 is 3.10. The number of anilines is 1. The van der Waals surface area contributed by atoms with Gasteiger partial charge in [-0.1, -0.05) is 6.07 Å². The second kappa shape index (κ2) is 7.60. The van der Waals surface area contributed by atoms with Crippen LogP contribution in [0.25, 0.3) is 32.0 Å². The van der Waals surface area contributed by atoms with Crippen molar-refractivity contribution in [1.29, 1.82) is 0 Å². The minimum atomic E-state index is -0.423. The van der Waals surface area contributed by atoms with E-state index in [-0.39, 0.29) is 0 Å². The van der Waals surface area contributed by atoms with Gasteiger partial charge in [0.25, 0.3) is 11.8 Å². The lowest BCUT2D eigenvalue weighted by atomic mass is 10.1. The normalized spacial score (nSPS) is 13.7. The van der Waals surface area contributed by atoms with E-state index in [1.807, 2.05) is 47.2 Å². The van der Waals surface area contributed by atoms with E-state index < -0.39 is 11.8 Å². The topological polar surface area (TPSA) is 84.4 Å². The van der Waals surface area contributed by atoms with Gasteiger partial charge in [-0.15, -0.1) is 22.7 Å². The summed E-state index contributed by atoms with van der Waals surface area (Å²) in [5.74, 6) is 0.809. The molecule has 1 N–H and O–H groups in total. The van der Waals surface area contributed by atoms with Gasteiger partial charge in [0, 0.05) is 33.0 Å². The van der Waals surface area contributed by atoms with Gasteiger partial charge >= 0.3 is 0 Å². The number of methoxy groups -OCH3 is 1. The third-order valence-corrected chi connectivity index (χ3v) is 6.66. The van der Waals surface area contributed by atoms with Crippen LogP contribution in [0.2, 0.25) is 0 Å². The fraction of sp³-hybridized carbons (Fsp3) is 0.0909. The number of rotatable bonds is 5. The van der Waals surface area contributed by atoms with Gasteiger partial charge < -0.3 is 4.74 Å². The maximum absolute atomic E-state index is 12.5. The first-order valence-electron chi connectivity index (χ1n) is 9.36. The standard InChI is InChI=1S/C22H16N4O3S2/c1-12-10-17(27)26(22(12)28)25-20-18-15(16-4-3-9-30-16)11-31-21(18)24-19(23-20)13-5-7-14(29-2)8-6-13/h3-11H,1-2H3,(H,23,24,25). The number of carbonyl (C=O) groups is 2. The predicted molar refractivity (Wildman–Crippen MR) is 122 cm³/mol.